The van der Waals surface area contributed by atoms with Crippen LogP contribution >= 0.6 is 0 Å². The number of carbonyl (C=O) groups excluding carboxylic acids is 2. The number of hydrogen-bond acceptors (Lipinski definition) is 4. The quantitative estimate of drug-likeness (QED) is 0.461. The van der Waals surface area contributed by atoms with Crippen LogP contribution in [0.4, 0.5) is 0 Å². The van der Waals surface area contributed by atoms with Crippen molar-refractivity contribution in [3.63, 3.8) is 0 Å². The Labute approximate surface area is 97.8 Å². The van der Waals surface area contributed by atoms with Gasteiger partial charge in [0.2, 0.25) is 5.78 Å². The van der Waals surface area contributed by atoms with Gasteiger partial charge in [0.1, 0.15) is 5.75 Å². The lowest BCUT2D eigenvalue weighted by molar-refractivity contribution is -0.131. The van der Waals surface area contributed by atoms with Crippen molar-refractivity contribution in [3.05, 3.63) is 54.0 Å². The van der Waals surface area contributed by atoms with E-state index in [1.165, 1.54) is 19.3 Å². The second-order valence-corrected chi connectivity index (χ2v) is 3.43. The summed E-state index contributed by atoms with van der Waals surface area (Å²) >= 11 is 0. The van der Waals surface area contributed by atoms with Crippen molar-refractivity contribution in [1.29, 1.82) is 0 Å². The largest absolute Gasteiger partial charge is 0.461 e. The van der Waals surface area contributed by atoms with Crippen LogP contribution in [0.15, 0.2) is 47.1 Å². The molecule has 0 unspecified atom stereocenters. The molecule has 0 aliphatic carbocycles. The van der Waals surface area contributed by atoms with Gasteiger partial charge in [-0.15, -0.1) is 0 Å². The molecule has 0 N–H and O–H groups in total. The molecular formula is C13H10O4. The highest BCUT2D eigenvalue weighted by atomic mass is 16.5. The van der Waals surface area contributed by atoms with Crippen LogP contribution in [0.3, 0.4) is 0 Å². The molecule has 0 bridgehead atoms. The maximum Gasteiger partial charge on any atom is 0.308 e. The average molecular weight is 230 g/mol. The van der Waals surface area contributed by atoms with E-state index < -0.39 is 5.97 Å². The standard InChI is InChI=1S/C13H10O4/c1-9(14)17-11-5-2-4-10(8-11)13(15)12-6-3-7-16-12/h2-8H,1H3. The molecule has 4 heteroatoms. The van der Waals surface area contributed by atoms with Crippen LogP contribution < -0.4 is 4.74 Å². The number of esters is 1. The lowest BCUT2D eigenvalue weighted by atomic mass is 10.1. The van der Waals surface area contributed by atoms with Gasteiger partial charge in [-0.05, 0) is 24.3 Å². The molecule has 0 fully saturated rings. The van der Waals surface area contributed by atoms with Crippen molar-refractivity contribution < 1.29 is 18.7 Å². The van der Waals surface area contributed by atoms with E-state index in [-0.39, 0.29) is 11.5 Å². The highest BCUT2D eigenvalue weighted by Crippen LogP contribution is 2.17. The predicted octanol–water partition coefficient (Wildman–Crippen LogP) is 2.44. The zero-order valence-corrected chi connectivity index (χ0v) is 9.17. The number of ether oxygens (including phenoxy) is 1. The summed E-state index contributed by atoms with van der Waals surface area (Å²) in [6.07, 6.45) is 1.43. The molecule has 86 valence electrons. The zero-order chi connectivity index (χ0) is 12.3. The Kier molecular flexibility index (Phi) is 3.05. The molecule has 0 atom stereocenters. The van der Waals surface area contributed by atoms with E-state index in [1.807, 2.05) is 0 Å². The van der Waals surface area contributed by atoms with Gasteiger partial charge in [0, 0.05) is 12.5 Å². The summed E-state index contributed by atoms with van der Waals surface area (Å²) in [7, 11) is 0. The molecule has 4 nitrogen and oxygen atoms in total. The molecule has 17 heavy (non-hydrogen) atoms. The summed E-state index contributed by atoms with van der Waals surface area (Å²) in [5.41, 5.74) is 0.415. The first-order valence-corrected chi connectivity index (χ1v) is 5.03. The SMILES string of the molecule is CC(=O)Oc1cccc(C(=O)c2ccco2)c1. The van der Waals surface area contributed by atoms with Gasteiger partial charge in [-0.2, -0.15) is 0 Å². The van der Waals surface area contributed by atoms with E-state index in [4.69, 9.17) is 9.15 Å². The van der Waals surface area contributed by atoms with Gasteiger partial charge in [-0.1, -0.05) is 12.1 Å². The fourth-order valence-electron chi connectivity index (χ4n) is 1.42. The normalized spacial score (nSPS) is 9.94. The molecule has 2 aromatic rings. The van der Waals surface area contributed by atoms with Crippen LogP contribution in [0, 0.1) is 0 Å². The summed E-state index contributed by atoms with van der Waals surface area (Å²) in [5.74, 6) is -0.0727. The third-order valence-corrected chi connectivity index (χ3v) is 2.10. The van der Waals surface area contributed by atoms with Crippen molar-refractivity contribution in [2.45, 2.75) is 6.92 Å². The minimum Gasteiger partial charge on any atom is -0.461 e. The van der Waals surface area contributed by atoms with E-state index in [1.54, 1.807) is 30.3 Å². The summed E-state index contributed by atoms with van der Waals surface area (Å²) in [5, 5.41) is 0. The highest BCUT2D eigenvalue weighted by Gasteiger charge is 2.12. The van der Waals surface area contributed by atoms with E-state index in [0.717, 1.165) is 0 Å². The van der Waals surface area contributed by atoms with Crippen molar-refractivity contribution in [2.75, 3.05) is 0 Å². The van der Waals surface area contributed by atoms with Crippen LogP contribution in [0.2, 0.25) is 0 Å². The predicted molar refractivity (Wildman–Crippen MR) is 59.9 cm³/mol. The van der Waals surface area contributed by atoms with Crippen molar-refractivity contribution in [3.8, 4) is 5.75 Å². The summed E-state index contributed by atoms with van der Waals surface area (Å²) < 4.78 is 9.91. The first-order chi connectivity index (χ1) is 8.16. The Bertz CT molecular complexity index is 540. The summed E-state index contributed by atoms with van der Waals surface area (Å²) in [4.78, 5) is 22.7. The topological polar surface area (TPSA) is 56.5 Å². The highest BCUT2D eigenvalue weighted by molar-refractivity contribution is 6.07. The smallest absolute Gasteiger partial charge is 0.308 e. The van der Waals surface area contributed by atoms with Gasteiger partial charge >= 0.3 is 5.97 Å². The molecule has 0 aliphatic heterocycles. The molecule has 0 saturated heterocycles. The second-order valence-electron chi connectivity index (χ2n) is 3.43. The van der Waals surface area contributed by atoms with Gasteiger partial charge in [0.15, 0.2) is 5.76 Å². The van der Waals surface area contributed by atoms with Crippen molar-refractivity contribution in [1.82, 2.24) is 0 Å². The average Bonchev–Trinajstić information content (AvgIpc) is 2.81. The Morgan fingerprint density at radius 3 is 2.65 bits per heavy atom. The fraction of sp³-hybridized carbons (Fsp3) is 0.0769. The molecule has 0 amide bonds. The Morgan fingerprint density at radius 2 is 2.00 bits per heavy atom. The first-order valence-electron chi connectivity index (χ1n) is 5.03. The number of furan rings is 1. The van der Waals surface area contributed by atoms with E-state index in [0.29, 0.717) is 11.3 Å². The number of rotatable bonds is 3. The lowest BCUT2D eigenvalue weighted by Gasteiger charge is -2.02. The summed E-state index contributed by atoms with van der Waals surface area (Å²) in [6.45, 7) is 1.31. The zero-order valence-electron chi connectivity index (χ0n) is 9.17. The monoisotopic (exact) mass is 230 g/mol. The molecule has 1 aromatic carbocycles. The van der Waals surface area contributed by atoms with Gasteiger partial charge in [-0.3, -0.25) is 9.59 Å². The first kappa shape index (κ1) is 11.1. The number of carbonyl (C=O) groups is 2. The minimum atomic E-state index is -0.424. The Morgan fingerprint density at radius 1 is 1.18 bits per heavy atom. The minimum absolute atomic E-state index is 0.246. The van der Waals surface area contributed by atoms with Gasteiger partial charge in [0.05, 0.1) is 6.26 Å². The maximum atomic E-state index is 11.9. The maximum absolute atomic E-state index is 11.9. The lowest BCUT2D eigenvalue weighted by Crippen LogP contribution is -2.04. The molecular weight excluding hydrogens is 220 g/mol. The van der Waals surface area contributed by atoms with Gasteiger partial charge in [-0.25, -0.2) is 0 Å². The third kappa shape index (κ3) is 2.60. The number of benzene rings is 1. The van der Waals surface area contributed by atoms with Crippen LogP contribution in [-0.4, -0.2) is 11.8 Å². The number of ketones is 1. The van der Waals surface area contributed by atoms with Crippen molar-refractivity contribution in [2.24, 2.45) is 0 Å². The fourth-order valence-corrected chi connectivity index (χ4v) is 1.42. The van der Waals surface area contributed by atoms with Crippen LogP contribution in [0.1, 0.15) is 23.0 Å². The van der Waals surface area contributed by atoms with Crippen LogP contribution in [0.25, 0.3) is 0 Å². The Hall–Kier alpha value is -2.36. The number of hydrogen-bond donors (Lipinski definition) is 0. The molecule has 0 spiro atoms. The van der Waals surface area contributed by atoms with Gasteiger partial charge in [0.25, 0.3) is 0 Å². The molecule has 0 saturated carbocycles. The van der Waals surface area contributed by atoms with Crippen molar-refractivity contribution >= 4 is 11.8 Å². The van der Waals surface area contributed by atoms with Crippen LogP contribution in [-0.2, 0) is 4.79 Å². The molecule has 0 radical (unpaired) electrons. The molecule has 2 rings (SSSR count). The summed E-state index contributed by atoms with van der Waals surface area (Å²) in [6, 6.07) is 9.63. The van der Waals surface area contributed by atoms with Gasteiger partial charge < -0.3 is 9.15 Å². The molecule has 1 heterocycles. The molecule has 0 aliphatic rings. The third-order valence-electron chi connectivity index (χ3n) is 2.10. The van der Waals surface area contributed by atoms with E-state index in [9.17, 15) is 9.59 Å². The molecule has 1 aromatic heterocycles. The van der Waals surface area contributed by atoms with Crippen LogP contribution in [0.5, 0.6) is 5.75 Å². The Balaban J connectivity index is 2.27. The van der Waals surface area contributed by atoms with E-state index in [2.05, 4.69) is 0 Å². The second kappa shape index (κ2) is 4.65. The van der Waals surface area contributed by atoms with E-state index >= 15 is 0 Å².